The number of rotatable bonds is 5. The molecule has 0 spiro atoms. The molecule has 2 aromatic carbocycles. The molecule has 2 aromatic rings. The SMILES string of the molecule is Cc1ccc(NC(=O)[C@H](C)N(c2ccc(F)cc2)S(C)(=O)=O)cc1Cl. The molecule has 1 amide bonds. The first-order valence-electron chi connectivity index (χ1n) is 7.41. The molecule has 5 nitrogen and oxygen atoms in total. The Bertz CT molecular complexity index is 885. The summed E-state index contributed by atoms with van der Waals surface area (Å²) in [5.41, 5.74) is 1.52. The average Bonchev–Trinajstić information content (AvgIpc) is 2.51. The van der Waals surface area contributed by atoms with Gasteiger partial charge in [-0.25, -0.2) is 12.8 Å². The molecule has 0 aliphatic rings. The molecule has 0 bridgehead atoms. The van der Waals surface area contributed by atoms with Crippen LogP contribution >= 0.6 is 11.6 Å². The molecule has 0 saturated carbocycles. The number of carbonyl (C=O) groups is 1. The Hall–Kier alpha value is -2.12. The van der Waals surface area contributed by atoms with Crippen LogP contribution in [-0.2, 0) is 14.8 Å². The van der Waals surface area contributed by atoms with E-state index in [1.165, 1.54) is 19.1 Å². The van der Waals surface area contributed by atoms with Gasteiger partial charge in [0.05, 0.1) is 11.9 Å². The Morgan fingerprint density at radius 1 is 1.20 bits per heavy atom. The fourth-order valence-electron chi connectivity index (χ4n) is 2.31. The van der Waals surface area contributed by atoms with Crippen LogP contribution in [0.25, 0.3) is 0 Å². The third-order valence-electron chi connectivity index (χ3n) is 3.61. The highest BCUT2D eigenvalue weighted by Crippen LogP contribution is 2.23. The Kier molecular flexibility index (Phi) is 5.69. The number of benzene rings is 2. The Morgan fingerprint density at radius 2 is 1.80 bits per heavy atom. The smallest absolute Gasteiger partial charge is 0.247 e. The molecule has 0 fully saturated rings. The third kappa shape index (κ3) is 4.70. The van der Waals surface area contributed by atoms with Gasteiger partial charge in [-0.1, -0.05) is 17.7 Å². The topological polar surface area (TPSA) is 66.5 Å². The van der Waals surface area contributed by atoms with Crippen molar-refractivity contribution in [1.82, 2.24) is 0 Å². The average molecular weight is 385 g/mol. The van der Waals surface area contributed by atoms with Crippen LogP contribution in [-0.4, -0.2) is 26.6 Å². The minimum Gasteiger partial charge on any atom is -0.324 e. The predicted molar refractivity (Wildman–Crippen MR) is 98.0 cm³/mol. The van der Waals surface area contributed by atoms with E-state index in [2.05, 4.69) is 5.32 Å². The van der Waals surface area contributed by atoms with E-state index in [1.54, 1.807) is 18.2 Å². The van der Waals surface area contributed by atoms with Crippen molar-refractivity contribution < 1.29 is 17.6 Å². The highest BCUT2D eigenvalue weighted by Gasteiger charge is 2.29. The second-order valence-corrected chi connectivity index (χ2v) is 7.93. The maximum atomic E-state index is 13.1. The first-order valence-corrected chi connectivity index (χ1v) is 9.64. The molecule has 134 valence electrons. The van der Waals surface area contributed by atoms with Crippen LogP contribution in [0, 0.1) is 12.7 Å². The lowest BCUT2D eigenvalue weighted by atomic mass is 10.2. The summed E-state index contributed by atoms with van der Waals surface area (Å²) in [6.45, 7) is 3.28. The third-order valence-corrected chi connectivity index (χ3v) is 5.26. The molecule has 0 aliphatic carbocycles. The van der Waals surface area contributed by atoms with Crippen molar-refractivity contribution in [3.63, 3.8) is 0 Å². The lowest BCUT2D eigenvalue weighted by Crippen LogP contribution is -2.45. The first-order chi connectivity index (χ1) is 11.6. The van der Waals surface area contributed by atoms with E-state index in [0.717, 1.165) is 28.3 Å². The predicted octanol–water partition coefficient (Wildman–Crippen LogP) is 3.58. The number of aryl methyl sites for hydroxylation is 1. The minimum absolute atomic E-state index is 0.202. The second-order valence-electron chi connectivity index (χ2n) is 5.66. The summed E-state index contributed by atoms with van der Waals surface area (Å²) in [5, 5.41) is 3.13. The largest absolute Gasteiger partial charge is 0.324 e. The molecule has 2 rings (SSSR count). The number of hydrogen-bond acceptors (Lipinski definition) is 3. The maximum absolute atomic E-state index is 13.1. The van der Waals surface area contributed by atoms with Crippen LogP contribution in [0.2, 0.25) is 5.02 Å². The van der Waals surface area contributed by atoms with Crippen molar-refractivity contribution >= 4 is 38.9 Å². The van der Waals surface area contributed by atoms with Gasteiger partial charge in [0.15, 0.2) is 0 Å². The van der Waals surface area contributed by atoms with Gasteiger partial charge in [0.25, 0.3) is 0 Å². The molecule has 0 saturated heterocycles. The van der Waals surface area contributed by atoms with Gasteiger partial charge in [0.2, 0.25) is 15.9 Å². The van der Waals surface area contributed by atoms with Crippen molar-refractivity contribution in [2.75, 3.05) is 15.9 Å². The summed E-state index contributed by atoms with van der Waals surface area (Å²) >= 11 is 6.03. The van der Waals surface area contributed by atoms with E-state index >= 15 is 0 Å². The molecule has 0 unspecified atom stereocenters. The molecule has 0 aliphatic heterocycles. The second kappa shape index (κ2) is 7.41. The number of nitrogens with one attached hydrogen (secondary N) is 1. The van der Waals surface area contributed by atoms with Crippen molar-refractivity contribution in [3.05, 3.63) is 58.9 Å². The number of anilines is 2. The number of amides is 1. The molecule has 8 heteroatoms. The molecule has 0 aromatic heterocycles. The summed E-state index contributed by atoms with van der Waals surface area (Å²) < 4.78 is 38.3. The zero-order valence-electron chi connectivity index (χ0n) is 14.0. The number of halogens is 2. The van der Waals surface area contributed by atoms with Gasteiger partial charge in [-0.05, 0) is 55.8 Å². The lowest BCUT2D eigenvalue weighted by molar-refractivity contribution is -0.116. The molecule has 0 radical (unpaired) electrons. The van der Waals surface area contributed by atoms with Gasteiger partial charge in [-0.15, -0.1) is 0 Å². The summed E-state index contributed by atoms with van der Waals surface area (Å²) in [6, 6.07) is 8.86. The zero-order valence-corrected chi connectivity index (χ0v) is 15.5. The van der Waals surface area contributed by atoms with Crippen molar-refractivity contribution in [3.8, 4) is 0 Å². The van der Waals surface area contributed by atoms with Crippen LogP contribution in [0.4, 0.5) is 15.8 Å². The molecular formula is C17H18ClFN2O3S. The number of hydrogen-bond donors (Lipinski definition) is 1. The van der Waals surface area contributed by atoms with E-state index in [-0.39, 0.29) is 5.69 Å². The molecule has 1 atom stereocenters. The van der Waals surface area contributed by atoms with E-state index in [9.17, 15) is 17.6 Å². The van der Waals surface area contributed by atoms with E-state index in [1.807, 2.05) is 6.92 Å². The fraction of sp³-hybridized carbons (Fsp3) is 0.235. The molecule has 0 heterocycles. The zero-order chi connectivity index (χ0) is 18.8. The summed E-state index contributed by atoms with van der Waals surface area (Å²) in [7, 11) is -3.76. The van der Waals surface area contributed by atoms with Crippen LogP contribution < -0.4 is 9.62 Å². The molecule has 1 N–H and O–H groups in total. The maximum Gasteiger partial charge on any atom is 0.247 e. The van der Waals surface area contributed by atoms with Crippen LogP contribution in [0.3, 0.4) is 0 Å². The fourth-order valence-corrected chi connectivity index (χ4v) is 3.67. The number of nitrogens with zero attached hydrogens (tertiary/aromatic N) is 1. The summed E-state index contributed by atoms with van der Waals surface area (Å²) in [4.78, 5) is 12.5. The molecular weight excluding hydrogens is 367 g/mol. The Balaban J connectivity index is 2.29. The van der Waals surface area contributed by atoms with Crippen LogP contribution in [0.15, 0.2) is 42.5 Å². The lowest BCUT2D eigenvalue weighted by Gasteiger charge is -2.28. The van der Waals surface area contributed by atoms with Crippen LogP contribution in [0.1, 0.15) is 12.5 Å². The normalized spacial score (nSPS) is 12.5. The van der Waals surface area contributed by atoms with E-state index in [0.29, 0.717) is 10.7 Å². The van der Waals surface area contributed by atoms with E-state index < -0.39 is 27.8 Å². The van der Waals surface area contributed by atoms with Gasteiger partial charge in [-0.2, -0.15) is 0 Å². The first kappa shape index (κ1) is 19.2. The highest BCUT2D eigenvalue weighted by molar-refractivity contribution is 7.92. The summed E-state index contributed by atoms with van der Waals surface area (Å²) in [6.07, 6.45) is 0.989. The van der Waals surface area contributed by atoms with Gasteiger partial charge < -0.3 is 5.32 Å². The quantitative estimate of drug-likeness (QED) is 0.856. The Morgan fingerprint density at radius 3 is 2.32 bits per heavy atom. The molecule has 25 heavy (non-hydrogen) atoms. The monoisotopic (exact) mass is 384 g/mol. The van der Waals surface area contributed by atoms with E-state index in [4.69, 9.17) is 11.6 Å². The number of carbonyl (C=O) groups excluding carboxylic acids is 1. The van der Waals surface area contributed by atoms with Gasteiger partial charge in [0, 0.05) is 10.7 Å². The Labute approximate surface area is 151 Å². The summed E-state index contributed by atoms with van der Waals surface area (Å²) in [5.74, 6) is -1.03. The van der Waals surface area contributed by atoms with Gasteiger partial charge in [-0.3, -0.25) is 9.10 Å². The highest BCUT2D eigenvalue weighted by atomic mass is 35.5. The van der Waals surface area contributed by atoms with Crippen LogP contribution in [0.5, 0.6) is 0 Å². The number of sulfonamides is 1. The van der Waals surface area contributed by atoms with Crippen molar-refractivity contribution in [2.45, 2.75) is 19.9 Å². The minimum atomic E-state index is -3.76. The van der Waals surface area contributed by atoms with Crippen molar-refractivity contribution in [2.24, 2.45) is 0 Å². The van der Waals surface area contributed by atoms with Gasteiger partial charge in [0.1, 0.15) is 11.9 Å². The standard InChI is InChI=1S/C17H18ClFN2O3S/c1-11-4-7-14(10-16(11)18)20-17(22)12(2)21(25(3,23)24)15-8-5-13(19)6-9-15/h4-10,12H,1-3H3,(H,20,22)/t12-/m0/s1. The van der Waals surface area contributed by atoms with Crippen molar-refractivity contribution in [1.29, 1.82) is 0 Å². The van der Waals surface area contributed by atoms with Gasteiger partial charge >= 0.3 is 0 Å².